The Kier molecular flexibility index (Phi) is 5.11. The summed E-state index contributed by atoms with van der Waals surface area (Å²) in [7, 11) is 0. The van der Waals surface area contributed by atoms with Crippen LogP contribution in [0.15, 0.2) is 54.0 Å². The Bertz CT molecular complexity index is 791. The molecule has 0 unspecified atom stereocenters. The lowest BCUT2D eigenvalue weighted by Gasteiger charge is -2.06. The summed E-state index contributed by atoms with van der Waals surface area (Å²) in [6, 6.07) is 14.1. The van der Waals surface area contributed by atoms with Crippen molar-refractivity contribution in [2.24, 2.45) is 5.92 Å². The van der Waals surface area contributed by atoms with Crippen LogP contribution < -0.4 is 5.32 Å². The van der Waals surface area contributed by atoms with Crippen molar-refractivity contribution in [3.8, 4) is 10.6 Å². The van der Waals surface area contributed by atoms with E-state index in [0.29, 0.717) is 24.6 Å². The molecule has 0 aliphatic heterocycles. The second-order valence-corrected chi connectivity index (χ2v) is 7.10. The first-order valence-corrected chi connectivity index (χ1v) is 8.95. The Balaban J connectivity index is 1.89. The van der Waals surface area contributed by atoms with Crippen molar-refractivity contribution in [1.29, 1.82) is 0 Å². The Morgan fingerprint density at radius 3 is 2.67 bits per heavy atom. The van der Waals surface area contributed by atoms with Crippen molar-refractivity contribution in [2.75, 3.05) is 6.54 Å². The molecule has 0 saturated heterocycles. The predicted octanol–water partition coefficient (Wildman–Crippen LogP) is 4.05. The molecule has 0 aliphatic carbocycles. The van der Waals surface area contributed by atoms with E-state index in [0.717, 1.165) is 16.1 Å². The third-order valence-electron chi connectivity index (χ3n) is 3.62. The van der Waals surface area contributed by atoms with Gasteiger partial charge in [-0.1, -0.05) is 50.2 Å². The van der Waals surface area contributed by atoms with Crippen LogP contribution in [0.4, 0.5) is 0 Å². The molecule has 0 bridgehead atoms. The van der Waals surface area contributed by atoms with Gasteiger partial charge in [0, 0.05) is 12.7 Å². The molecule has 1 aromatic carbocycles. The number of nitrogens with one attached hydrogen (secondary N) is 1. The predicted molar refractivity (Wildman–Crippen MR) is 98.3 cm³/mol. The zero-order valence-electron chi connectivity index (χ0n) is 13.9. The number of aromatic nitrogens is 2. The summed E-state index contributed by atoms with van der Waals surface area (Å²) in [5.41, 5.74) is 2.54. The average Bonchev–Trinajstić information content (AvgIpc) is 3.22. The first-order valence-electron chi connectivity index (χ1n) is 8.07. The fraction of sp³-hybridized carbons (Fsp3) is 0.263. The Morgan fingerprint density at radius 1 is 1.21 bits per heavy atom. The van der Waals surface area contributed by atoms with Gasteiger partial charge in [-0.15, -0.1) is 11.3 Å². The number of amides is 1. The zero-order valence-corrected chi connectivity index (χ0v) is 14.7. The largest absolute Gasteiger partial charge is 0.352 e. The summed E-state index contributed by atoms with van der Waals surface area (Å²) in [4.78, 5) is 13.6. The van der Waals surface area contributed by atoms with Crippen molar-refractivity contribution in [2.45, 2.75) is 20.4 Å². The maximum absolute atomic E-state index is 12.6. The van der Waals surface area contributed by atoms with E-state index >= 15 is 0 Å². The minimum absolute atomic E-state index is 0.0635. The number of nitrogens with zero attached hydrogens (tertiary/aromatic N) is 2. The molecule has 1 amide bonds. The van der Waals surface area contributed by atoms with Crippen molar-refractivity contribution in [3.05, 3.63) is 65.2 Å². The Hall–Kier alpha value is -2.40. The molecule has 2 heterocycles. The van der Waals surface area contributed by atoms with E-state index in [1.165, 1.54) is 0 Å². The van der Waals surface area contributed by atoms with E-state index in [-0.39, 0.29) is 5.91 Å². The van der Waals surface area contributed by atoms with Gasteiger partial charge >= 0.3 is 0 Å². The molecule has 1 N–H and O–H groups in total. The third-order valence-corrected chi connectivity index (χ3v) is 4.50. The molecule has 0 saturated carbocycles. The van der Waals surface area contributed by atoms with Crippen LogP contribution in [-0.4, -0.2) is 22.2 Å². The van der Waals surface area contributed by atoms with Gasteiger partial charge in [-0.2, -0.15) is 5.10 Å². The standard InChI is InChI=1S/C19H21N3OS/c1-14(2)11-20-19(23)16-13-22(12-15-7-4-3-5-8-15)21-18(16)17-9-6-10-24-17/h3-10,13-14H,11-12H2,1-2H3,(H,20,23). The highest BCUT2D eigenvalue weighted by Crippen LogP contribution is 2.27. The molecule has 3 rings (SSSR count). The molecule has 0 spiro atoms. The summed E-state index contributed by atoms with van der Waals surface area (Å²) < 4.78 is 1.84. The van der Waals surface area contributed by atoms with E-state index in [1.54, 1.807) is 11.3 Å². The maximum Gasteiger partial charge on any atom is 0.255 e. The maximum atomic E-state index is 12.6. The SMILES string of the molecule is CC(C)CNC(=O)c1cn(Cc2ccccc2)nc1-c1cccs1. The van der Waals surface area contributed by atoms with Crippen molar-refractivity contribution < 1.29 is 4.79 Å². The highest BCUT2D eigenvalue weighted by Gasteiger charge is 2.18. The van der Waals surface area contributed by atoms with Crippen LogP contribution in [0.1, 0.15) is 29.8 Å². The fourth-order valence-corrected chi connectivity index (χ4v) is 3.15. The number of rotatable bonds is 6. The van der Waals surface area contributed by atoms with Gasteiger partial charge in [0.05, 0.1) is 17.0 Å². The smallest absolute Gasteiger partial charge is 0.255 e. The van der Waals surface area contributed by atoms with Crippen LogP contribution in [0.25, 0.3) is 10.6 Å². The molecule has 0 aliphatic rings. The fourth-order valence-electron chi connectivity index (χ4n) is 2.43. The van der Waals surface area contributed by atoms with E-state index in [1.807, 2.05) is 46.6 Å². The second kappa shape index (κ2) is 7.45. The van der Waals surface area contributed by atoms with E-state index in [9.17, 15) is 4.79 Å². The lowest BCUT2D eigenvalue weighted by Crippen LogP contribution is -2.27. The molecule has 24 heavy (non-hydrogen) atoms. The summed E-state index contributed by atoms with van der Waals surface area (Å²) in [6.07, 6.45) is 1.84. The number of thiophene rings is 1. The highest BCUT2D eigenvalue weighted by atomic mass is 32.1. The molecule has 3 aromatic rings. The van der Waals surface area contributed by atoms with Crippen LogP contribution in [0, 0.1) is 5.92 Å². The Labute approximate surface area is 146 Å². The van der Waals surface area contributed by atoms with Gasteiger partial charge in [0.25, 0.3) is 5.91 Å². The minimum Gasteiger partial charge on any atom is -0.352 e. The molecular weight excluding hydrogens is 318 g/mol. The second-order valence-electron chi connectivity index (χ2n) is 6.16. The average molecular weight is 339 g/mol. The van der Waals surface area contributed by atoms with Gasteiger partial charge in [0.2, 0.25) is 0 Å². The zero-order chi connectivity index (χ0) is 16.9. The van der Waals surface area contributed by atoms with Gasteiger partial charge in [-0.25, -0.2) is 0 Å². The number of hydrogen-bond acceptors (Lipinski definition) is 3. The summed E-state index contributed by atoms with van der Waals surface area (Å²) in [5, 5.41) is 9.65. The number of carbonyl (C=O) groups excluding carboxylic acids is 1. The van der Waals surface area contributed by atoms with Crippen LogP contribution in [-0.2, 0) is 6.54 Å². The van der Waals surface area contributed by atoms with Gasteiger partial charge < -0.3 is 5.32 Å². The van der Waals surface area contributed by atoms with Crippen LogP contribution in [0.2, 0.25) is 0 Å². The topological polar surface area (TPSA) is 46.9 Å². The molecule has 5 heteroatoms. The molecular formula is C19H21N3OS. The number of benzene rings is 1. The van der Waals surface area contributed by atoms with Crippen molar-refractivity contribution in [3.63, 3.8) is 0 Å². The molecule has 124 valence electrons. The van der Waals surface area contributed by atoms with Gasteiger partial charge in [0.15, 0.2) is 0 Å². The van der Waals surface area contributed by atoms with E-state index in [2.05, 4.69) is 36.4 Å². The lowest BCUT2D eigenvalue weighted by atomic mass is 10.2. The first kappa shape index (κ1) is 16.5. The van der Waals surface area contributed by atoms with Gasteiger partial charge in [0.1, 0.15) is 5.69 Å². The normalized spacial score (nSPS) is 11.0. The molecule has 0 atom stereocenters. The Morgan fingerprint density at radius 2 is 2.00 bits per heavy atom. The van der Waals surface area contributed by atoms with Crippen molar-refractivity contribution >= 4 is 17.2 Å². The van der Waals surface area contributed by atoms with Crippen LogP contribution in [0.3, 0.4) is 0 Å². The van der Waals surface area contributed by atoms with Gasteiger partial charge in [-0.3, -0.25) is 9.48 Å². The first-order chi connectivity index (χ1) is 11.6. The quantitative estimate of drug-likeness (QED) is 0.736. The minimum atomic E-state index is -0.0635. The van der Waals surface area contributed by atoms with Crippen molar-refractivity contribution in [1.82, 2.24) is 15.1 Å². The van der Waals surface area contributed by atoms with Crippen LogP contribution >= 0.6 is 11.3 Å². The van der Waals surface area contributed by atoms with E-state index < -0.39 is 0 Å². The van der Waals surface area contributed by atoms with E-state index in [4.69, 9.17) is 0 Å². The highest BCUT2D eigenvalue weighted by molar-refractivity contribution is 7.13. The molecule has 2 aromatic heterocycles. The molecule has 4 nitrogen and oxygen atoms in total. The summed E-state index contributed by atoms with van der Waals surface area (Å²) in [6.45, 7) is 5.47. The van der Waals surface area contributed by atoms with Gasteiger partial charge in [-0.05, 0) is 22.9 Å². The number of carbonyl (C=O) groups is 1. The third kappa shape index (κ3) is 3.92. The monoisotopic (exact) mass is 339 g/mol. The summed E-state index contributed by atoms with van der Waals surface area (Å²) >= 11 is 1.60. The lowest BCUT2D eigenvalue weighted by molar-refractivity contribution is 0.0949. The van der Waals surface area contributed by atoms with Crippen LogP contribution in [0.5, 0.6) is 0 Å². The molecule has 0 fully saturated rings. The number of hydrogen-bond donors (Lipinski definition) is 1. The summed E-state index contributed by atoms with van der Waals surface area (Å²) in [5.74, 6) is 0.352. The molecule has 0 radical (unpaired) electrons.